The van der Waals surface area contributed by atoms with Gasteiger partial charge in [-0.25, -0.2) is 9.18 Å². The molecule has 1 aromatic heterocycles. The molecule has 0 unspecified atom stereocenters. The highest BCUT2D eigenvalue weighted by molar-refractivity contribution is 5.99. The van der Waals surface area contributed by atoms with Crippen LogP contribution >= 0.6 is 0 Å². The van der Waals surface area contributed by atoms with Crippen molar-refractivity contribution in [2.75, 3.05) is 20.2 Å². The predicted octanol–water partition coefficient (Wildman–Crippen LogP) is 1.82. The van der Waals surface area contributed by atoms with Crippen LogP contribution in [0.3, 0.4) is 0 Å². The van der Waals surface area contributed by atoms with Crippen LogP contribution in [0.2, 0.25) is 0 Å². The number of hydrogen-bond donors (Lipinski definition) is 2. The summed E-state index contributed by atoms with van der Waals surface area (Å²) in [6, 6.07) is 6.98. The number of halogens is 1. The van der Waals surface area contributed by atoms with Crippen molar-refractivity contribution in [1.82, 2.24) is 9.88 Å². The first-order valence-corrected chi connectivity index (χ1v) is 6.81. The SMILES string of the molecule is COc1ccc2[nH]c(C(=O)N3CC[C@@](F)(C(=O)O)C3)cc2c1. The Kier molecular flexibility index (Phi) is 3.27. The Bertz CT molecular complexity index is 757. The number of nitrogens with zero attached hydrogens (tertiary/aromatic N) is 1. The number of amides is 1. The van der Waals surface area contributed by atoms with E-state index in [1.807, 2.05) is 0 Å². The Morgan fingerprint density at radius 3 is 2.82 bits per heavy atom. The second kappa shape index (κ2) is 5.01. The molecule has 1 aromatic carbocycles. The third kappa shape index (κ3) is 2.28. The molecule has 1 atom stereocenters. The molecular formula is C15H15FN2O4. The highest BCUT2D eigenvalue weighted by atomic mass is 19.1. The summed E-state index contributed by atoms with van der Waals surface area (Å²) in [6.45, 7) is -0.347. The van der Waals surface area contributed by atoms with Gasteiger partial charge in [-0.2, -0.15) is 0 Å². The Hall–Kier alpha value is -2.57. The number of carbonyl (C=O) groups is 2. The summed E-state index contributed by atoms with van der Waals surface area (Å²) in [6.07, 6.45) is -0.192. The molecule has 1 saturated heterocycles. The van der Waals surface area contributed by atoms with Crippen LogP contribution in [0.5, 0.6) is 5.75 Å². The molecule has 116 valence electrons. The van der Waals surface area contributed by atoms with Crippen molar-refractivity contribution in [1.29, 1.82) is 0 Å². The highest BCUT2D eigenvalue weighted by Crippen LogP contribution is 2.28. The Morgan fingerprint density at radius 1 is 1.41 bits per heavy atom. The van der Waals surface area contributed by atoms with Gasteiger partial charge in [-0.3, -0.25) is 4.79 Å². The van der Waals surface area contributed by atoms with Gasteiger partial charge in [0.15, 0.2) is 0 Å². The largest absolute Gasteiger partial charge is 0.497 e. The zero-order valence-corrected chi connectivity index (χ0v) is 11.9. The van der Waals surface area contributed by atoms with Gasteiger partial charge < -0.3 is 19.7 Å². The van der Waals surface area contributed by atoms with E-state index in [1.165, 1.54) is 4.90 Å². The monoisotopic (exact) mass is 306 g/mol. The van der Waals surface area contributed by atoms with E-state index in [9.17, 15) is 14.0 Å². The maximum atomic E-state index is 14.0. The van der Waals surface area contributed by atoms with Crippen LogP contribution in [0.4, 0.5) is 4.39 Å². The molecule has 2 heterocycles. The lowest BCUT2D eigenvalue weighted by atomic mass is 10.1. The van der Waals surface area contributed by atoms with Gasteiger partial charge in [-0.05, 0) is 24.3 Å². The standard InChI is InChI=1S/C15H15FN2O4/c1-22-10-2-3-11-9(6-10)7-12(17-11)13(19)18-5-4-15(16,8-18)14(20)21/h2-3,6-7,17H,4-5,8H2,1H3,(H,20,21)/t15-/m0/s1. The lowest BCUT2D eigenvalue weighted by molar-refractivity contribution is -0.149. The molecule has 1 fully saturated rings. The van der Waals surface area contributed by atoms with Crippen LogP contribution in [0, 0.1) is 0 Å². The topological polar surface area (TPSA) is 82.6 Å². The number of carboxylic acid groups (broad SMARTS) is 1. The minimum absolute atomic E-state index is 0.0837. The third-order valence-corrected chi connectivity index (χ3v) is 3.95. The molecule has 2 aromatic rings. The summed E-state index contributed by atoms with van der Waals surface area (Å²) >= 11 is 0. The normalized spacial score (nSPS) is 21.3. The van der Waals surface area contributed by atoms with Gasteiger partial charge in [0.05, 0.1) is 13.7 Å². The molecule has 0 aliphatic carbocycles. The van der Waals surface area contributed by atoms with Gasteiger partial charge in [0, 0.05) is 23.9 Å². The number of aromatic nitrogens is 1. The Labute approximate surface area is 125 Å². The van der Waals surface area contributed by atoms with E-state index >= 15 is 0 Å². The summed E-state index contributed by atoms with van der Waals surface area (Å²) < 4.78 is 19.2. The number of fused-ring (bicyclic) bond motifs is 1. The average molecular weight is 306 g/mol. The number of nitrogens with one attached hydrogen (secondary N) is 1. The van der Waals surface area contributed by atoms with E-state index in [1.54, 1.807) is 31.4 Å². The first-order valence-electron chi connectivity index (χ1n) is 6.81. The molecular weight excluding hydrogens is 291 g/mol. The fourth-order valence-electron chi connectivity index (χ4n) is 2.64. The number of alkyl halides is 1. The van der Waals surface area contributed by atoms with E-state index < -0.39 is 24.1 Å². The molecule has 0 spiro atoms. The number of aromatic amines is 1. The molecule has 1 aliphatic rings. The molecule has 22 heavy (non-hydrogen) atoms. The summed E-state index contributed by atoms with van der Waals surface area (Å²) in [5.41, 5.74) is -1.30. The highest BCUT2D eigenvalue weighted by Gasteiger charge is 2.47. The molecule has 3 rings (SSSR count). The predicted molar refractivity (Wildman–Crippen MR) is 76.8 cm³/mol. The van der Waals surface area contributed by atoms with E-state index in [-0.39, 0.29) is 13.0 Å². The van der Waals surface area contributed by atoms with Gasteiger partial charge in [0.25, 0.3) is 5.91 Å². The van der Waals surface area contributed by atoms with Crippen molar-refractivity contribution in [3.63, 3.8) is 0 Å². The number of carboxylic acids is 1. The number of likely N-dealkylation sites (tertiary alicyclic amines) is 1. The summed E-state index contributed by atoms with van der Waals surface area (Å²) in [4.78, 5) is 27.5. The number of ether oxygens (including phenoxy) is 1. The smallest absolute Gasteiger partial charge is 0.343 e. The first kappa shape index (κ1) is 14.4. The van der Waals surface area contributed by atoms with Gasteiger partial charge in [-0.15, -0.1) is 0 Å². The maximum Gasteiger partial charge on any atom is 0.343 e. The number of H-pyrrole nitrogens is 1. The number of benzene rings is 1. The lowest BCUT2D eigenvalue weighted by Crippen LogP contribution is -2.39. The summed E-state index contributed by atoms with van der Waals surface area (Å²) in [5, 5.41) is 9.68. The molecule has 7 heteroatoms. The second-order valence-corrected chi connectivity index (χ2v) is 5.38. The maximum absolute atomic E-state index is 14.0. The molecule has 0 bridgehead atoms. The molecule has 6 nitrogen and oxygen atoms in total. The Morgan fingerprint density at radius 2 is 2.18 bits per heavy atom. The van der Waals surface area contributed by atoms with E-state index in [0.29, 0.717) is 11.4 Å². The average Bonchev–Trinajstić information content (AvgIpc) is 3.10. The number of aliphatic carboxylic acids is 1. The van der Waals surface area contributed by atoms with E-state index in [2.05, 4.69) is 4.98 Å². The van der Waals surface area contributed by atoms with Crippen LogP contribution in [-0.4, -0.2) is 52.7 Å². The fourth-order valence-corrected chi connectivity index (χ4v) is 2.64. The molecule has 1 amide bonds. The van der Waals surface area contributed by atoms with Crippen LogP contribution in [0.25, 0.3) is 10.9 Å². The van der Waals surface area contributed by atoms with Crippen molar-refractivity contribution in [2.45, 2.75) is 12.1 Å². The van der Waals surface area contributed by atoms with Crippen LogP contribution in [0.1, 0.15) is 16.9 Å². The van der Waals surface area contributed by atoms with Gasteiger partial charge in [-0.1, -0.05) is 0 Å². The number of rotatable bonds is 3. The van der Waals surface area contributed by atoms with Gasteiger partial charge in [0.1, 0.15) is 11.4 Å². The molecule has 1 aliphatic heterocycles. The van der Waals surface area contributed by atoms with Crippen LogP contribution in [-0.2, 0) is 4.79 Å². The first-order chi connectivity index (χ1) is 10.4. The van der Waals surface area contributed by atoms with Crippen LogP contribution < -0.4 is 4.74 Å². The van der Waals surface area contributed by atoms with E-state index in [0.717, 1.165) is 10.9 Å². The molecule has 2 N–H and O–H groups in total. The summed E-state index contributed by atoms with van der Waals surface area (Å²) in [7, 11) is 1.55. The zero-order chi connectivity index (χ0) is 15.9. The molecule has 0 radical (unpaired) electrons. The van der Waals surface area contributed by atoms with Gasteiger partial charge in [0.2, 0.25) is 5.67 Å². The number of carbonyl (C=O) groups excluding carboxylic acids is 1. The minimum atomic E-state index is -2.36. The van der Waals surface area contributed by atoms with Crippen LogP contribution in [0.15, 0.2) is 24.3 Å². The lowest BCUT2D eigenvalue weighted by Gasteiger charge is -2.16. The van der Waals surface area contributed by atoms with Crippen molar-refractivity contribution in [3.8, 4) is 5.75 Å². The number of hydrogen-bond acceptors (Lipinski definition) is 3. The van der Waals surface area contributed by atoms with Crippen molar-refractivity contribution < 1.29 is 23.8 Å². The summed E-state index contributed by atoms with van der Waals surface area (Å²) in [5.74, 6) is -1.26. The van der Waals surface area contributed by atoms with Crippen molar-refractivity contribution in [3.05, 3.63) is 30.0 Å². The second-order valence-electron chi connectivity index (χ2n) is 5.38. The fraction of sp³-hybridized carbons (Fsp3) is 0.333. The van der Waals surface area contributed by atoms with Crippen molar-refractivity contribution >= 4 is 22.8 Å². The third-order valence-electron chi connectivity index (χ3n) is 3.95. The van der Waals surface area contributed by atoms with Gasteiger partial charge >= 0.3 is 5.97 Å². The minimum Gasteiger partial charge on any atom is -0.497 e. The quantitative estimate of drug-likeness (QED) is 0.906. The molecule has 0 saturated carbocycles. The van der Waals surface area contributed by atoms with E-state index in [4.69, 9.17) is 9.84 Å². The Balaban J connectivity index is 1.85. The van der Waals surface area contributed by atoms with Crippen molar-refractivity contribution in [2.24, 2.45) is 0 Å². The zero-order valence-electron chi connectivity index (χ0n) is 11.9. The number of methoxy groups -OCH3 is 1.